The molecule has 2 fully saturated rings. The number of benzene rings is 1. The second kappa shape index (κ2) is 3.82. The minimum Gasteiger partial charge on any atom is -0.392 e. The van der Waals surface area contributed by atoms with Gasteiger partial charge >= 0.3 is 0 Å². The molecule has 1 spiro atoms. The first kappa shape index (κ1) is 10.7. The number of hydroxylamine groups is 1. The molecule has 1 aromatic carbocycles. The van der Waals surface area contributed by atoms with Crippen LogP contribution in [-0.2, 0) is 16.2 Å². The van der Waals surface area contributed by atoms with E-state index in [4.69, 9.17) is 9.94 Å². The Bertz CT molecular complexity index is 454. The van der Waals surface area contributed by atoms with Crippen molar-refractivity contribution in [2.24, 2.45) is 0 Å². The Hall–Kier alpha value is -1.39. The average Bonchev–Trinajstić information content (AvgIpc) is 2.67. The van der Waals surface area contributed by atoms with Crippen LogP contribution in [0.15, 0.2) is 24.3 Å². The molecule has 1 amide bonds. The van der Waals surface area contributed by atoms with Crippen LogP contribution in [0.5, 0.6) is 0 Å². The molecular formula is C13H15NO3. The minimum atomic E-state index is -0.230. The molecule has 4 heteroatoms. The van der Waals surface area contributed by atoms with Gasteiger partial charge in [-0.15, -0.1) is 0 Å². The summed E-state index contributed by atoms with van der Waals surface area (Å²) in [7, 11) is 0. The SMILES string of the molecule is O=C1CC2(CCC2)ON1c1cccc(CO)c1. The highest BCUT2D eigenvalue weighted by Crippen LogP contribution is 2.44. The fraction of sp³-hybridized carbons (Fsp3) is 0.462. The Labute approximate surface area is 99.8 Å². The number of aliphatic hydroxyl groups is 1. The molecule has 2 aliphatic rings. The Morgan fingerprint density at radius 1 is 1.41 bits per heavy atom. The molecule has 0 atom stereocenters. The van der Waals surface area contributed by atoms with Gasteiger partial charge in [-0.25, -0.2) is 0 Å². The molecule has 1 aliphatic carbocycles. The zero-order valence-electron chi connectivity index (χ0n) is 9.56. The Kier molecular flexibility index (Phi) is 2.42. The van der Waals surface area contributed by atoms with E-state index in [1.54, 1.807) is 6.07 Å². The van der Waals surface area contributed by atoms with E-state index in [-0.39, 0.29) is 18.1 Å². The Balaban J connectivity index is 1.86. The summed E-state index contributed by atoms with van der Waals surface area (Å²) in [4.78, 5) is 17.7. The maximum Gasteiger partial charge on any atom is 0.253 e. The van der Waals surface area contributed by atoms with Crippen LogP contribution >= 0.6 is 0 Å². The molecule has 0 radical (unpaired) electrons. The van der Waals surface area contributed by atoms with Gasteiger partial charge in [-0.05, 0) is 37.0 Å². The minimum absolute atomic E-state index is 0.0137. The van der Waals surface area contributed by atoms with Crippen molar-refractivity contribution < 1.29 is 14.7 Å². The lowest BCUT2D eigenvalue weighted by atomic mass is 9.78. The molecule has 1 saturated carbocycles. The van der Waals surface area contributed by atoms with Gasteiger partial charge in [0.2, 0.25) is 0 Å². The summed E-state index contributed by atoms with van der Waals surface area (Å²) in [5, 5.41) is 10.5. The molecule has 1 aromatic rings. The predicted octanol–water partition coefficient (Wildman–Crippen LogP) is 1.77. The highest BCUT2D eigenvalue weighted by atomic mass is 16.7. The van der Waals surface area contributed by atoms with Crippen molar-refractivity contribution in [3.8, 4) is 0 Å². The van der Waals surface area contributed by atoms with E-state index in [0.29, 0.717) is 12.1 Å². The molecule has 0 bridgehead atoms. The smallest absolute Gasteiger partial charge is 0.253 e. The maximum absolute atomic E-state index is 11.9. The van der Waals surface area contributed by atoms with E-state index >= 15 is 0 Å². The number of nitrogens with zero attached hydrogens (tertiary/aromatic N) is 1. The predicted molar refractivity (Wildman–Crippen MR) is 62.1 cm³/mol. The van der Waals surface area contributed by atoms with Crippen LogP contribution in [-0.4, -0.2) is 16.6 Å². The van der Waals surface area contributed by atoms with E-state index < -0.39 is 0 Å². The standard InChI is InChI=1S/C13H15NO3/c15-9-10-3-1-4-11(7-10)14-12(16)8-13(17-14)5-2-6-13/h1,3-4,7,15H,2,5-6,8-9H2. The van der Waals surface area contributed by atoms with Crippen molar-refractivity contribution in [2.45, 2.75) is 37.9 Å². The molecule has 1 N–H and O–H groups in total. The van der Waals surface area contributed by atoms with Gasteiger partial charge in [0.15, 0.2) is 0 Å². The molecule has 0 aromatic heterocycles. The summed E-state index contributed by atoms with van der Waals surface area (Å²) in [5.41, 5.74) is 1.27. The van der Waals surface area contributed by atoms with Gasteiger partial charge in [0, 0.05) is 0 Å². The molecule has 17 heavy (non-hydrogen) atoms. The number of carbonyl (C=O) groups is 1. The normalized spacial score (nSPS) is 21.9. The summed E-state index contributed by atoms with van der Waals surface area (Å²) in [6, 6.07) is 7.26. The summed E-state index contributed by atoms with van der Waals surface area (Å²) in [6.45, 7) is -0.0268. The third kappa shape index (κ3) is 1.73. The first-order chi connectivity index (χ1) is 8.22. The number of carbonyl (C=O) groups excluding carboxylic acids is 1. The summed E-state index contributed by atoms with van der Waals surface area (Å²) in [5.74, 6) is 0.0137. The van der Waals surface area contributed by atoms with E-state index in [1.165, 1.54) is 5.06 Å². The van der Waals surface area contributed by atoms with E-state index in [0.717, 1.165) is 24.8 Å². The van der Waals surface area contributed by atoms with Crippen LogP contribution in [0.1, 0.15) is 31.2 Å². The number of hydrogen-bond acceptors (Lipinski definition) is 3. The van der Waals surface area contributed by atoms with Crippen molar-refractivity contribution in [1.29, 1.82) is 0 Å². The highest BCUT2D eigenvalue weighted by molar-refractivity contribution is 5.94. The van der Waals surface area contributed by atoms with Gasteiger partial charge in [0.25, 0.3) is 5.91 Å². The van der Waals surface area contributed by atoms with Crippen LogP contribution in [0, 0.1) is 0 Å². The molecule has 1 aliphatic heterocycles. The fourth-order valence-corrected chi connectivity index (χ4v) is 2.44. The number of anilines is 1. The van der Waals surface area contributed by atoms with Crippen molar-refractivity contribution in [3.05, 3.63) is 29.8 Å². The topological polar surface area (TPSA) is 49.8 Å². The van der Waals surface area contributed by atoms with Crippen LogP contribution in [0.4, 0.5) is 5.69 Å². The van der Waals surface area contributed by atoms with Crippen molar-refractivity contribution >= 4 is 11.6 Å². The second-order valence-corrected chi connectivity index (χ2v) is 4.82. The molecule has 1 saturated heterocycles. The summed E-state index contributed by atoms with van der Waals surface area (Å²) < 4.78 is 0. The molecular weight excluding hydrogens is 218 g/mol. The van der Waals surface area contributed by atoms with Crippen LogP contribution in [0.2, 0.25) is 0 Å². The first-order valence-electron chi connectivity index (χ1n) is 5.94. The lowest BCUT2D eigenvalue weighted by Gasteiger charge is -2.35. The third-order valence-electron chi connectivity index (χ3n) is 3.58. The van der Waals surface area contributed by atoms with Gasteiger partial charge in [-0.2, -0.15) is 5.06 Å². The Morgan fingerprint density at radius 2 is 2.24 bits per heavy atom. The van der Waals surface area contributed by atoms with Gasteiger partial charge in [-0.1, -0.05) is 12.1 Å². The lowest BCUT2D eigenvalue weighted by Crippen LogP contribution is -2.37. The number of aliphatic hydroxyl groups excluding tert-OH is 1. The quantitative estimate of drug-likeness (QED) is 0.847. The highest BCUT2D eigenvalue weighted by Gasteiger charge is 2.49. The van der Waals surface area contributed by atoms with Crippen molar-refractivity contribution in [1.82, 2.24) is 0 Å². The average molecular weight is 233 g/mol. The monoisotopic (exact) mass is 233 g/mol. The summed E-state index contributed by atoms with van der Waals surface area (Å²) in [6.07, 6.45) is 3.55. The number of hydrogen-bond donors (Lipinski definition) is 1. The summed E-state index contributed by atoms with van der Waals surface area (Å²) >= 11 is 0. The fourth-order valence-electron chi connectivity index (χ4n) is 2.44. The largest absolute Gasteiger partial charge is 0.392 e. The van der Waals surface area contributed by atoms with Crippen LogP contribution < -0.4 is 5.06 Å². The molecule has 1 heterocycles. The van der Waals surface area contributed by atoms with E-state index in [2.05, 4.69) is 0 Å². The van der Waals surface area contributed by atoms with Gasteiger partial charge in [-0.3, -0.25) is 9.63 Å². The van der Waals surface area contributed by atoms with Crippen LogP contribution in [0.3, 0.4) is 0 Å². The van der Waals surface area contributed by atoms with Gasteiger partial charge in [0.05, 0.1) is 18.7 Å². The van der Waals surface area contributed by atoms with E-state index in [9.17, 15) is 4.79 Å². The van der Waals surface area contributed by atoms with E-state index in [1.807, 2.05) is 18.2 Å². The van der Waals surface area contributed by atoms with Crippen molar-refractivity contribution in [3.63, 3.8) is 0 Å². The third-order valence-corrected chi connectivity index (χ3v) is 3.58. The number of amides is 1. The zero-order chi connectivity index (χ0) is 11.9. The second-order valence-electron chi connectivity index (χ2n) is 4.82. The van der Waals surface area contributed by atoms with Gasteiger partial charge < -0.3 is 5.11 Å². The molecule has 0 unspecified atom stereocenters. The molecule has 3 rings (SSSR count). The van der Waals surface area contributed by atoms with Crippen molar-refractivity contribution in [2.75, 3.05) is 5.06 Å². The molecule has 90 valence electrons. The lowest BCUT2D eigenvalue weighted by molar-refractivity contribution is -0.120. The number of rotatable bonds is 2. The zero-order valence-corrected chi connectivity index (χ0v) is 9.56. The van der Waals surface area contributed by atoms with Crippen LogP contribution in [0.25, 0.3) is 0 Å². The maximum atomic E-state index is 11.9. The molecule has 4 nitrogen and oxygen atoms in total. The Morgan fingerprint density at radius 3 is 2.82 bits per heavy atom. The van der Waals surface area contributed by atoms with Gasteiger partial charge in [0.1, 0.15) is 5.60 Å². The first-order valence-corrected chi connectivity index (χ1v) is 5.94.